The van der Waals surface area contributed by atoms with Crippen LogP contribution in [0.1, 0.15) is 22.0 Å². The summed E-state index contributed by atoms with van der Waals surface area (Å²) >= 11 is 0. The van der Waals surface area contributed by atoms with E-state index in [9.17, 15) is 14.4 Å². The Kier molecular flexibility index (Phi) is 4.26. The van der Waals surface area contributed by atoms with Gasteiger partial charge < -0.3 is 10.1 Å². The van der Waals surface area contributed by atoms with Crippen LogP contribution in [0.2, 0.25) is 0 Å². The number of hydrogen-bond acceptors (Lipinski definition) is 5. The number of hydrogen-bond donors (Lipinski definition) is 3. The maximum Gasteiger partial charge on any atom is 0.306 e. The lowest BCUT2D eigenvalue weighted by Crippen LogP contribution is -2.45. The zero-order valence-corrected chi connectivity index (χ0v) is 12.8. The van der Waals surface area contributed by atoms with Crippen molar-refractivity contribution in [3.05, 3.63) is 59.7 Å². The van der Waals surface area contributed by atoms with Gasteiger partial charge in [-0.05, 0) is 30.3 Å². The minimum absolute atomic E-state index is 0.228. The summed E-state index contributed by atoms with van der Waals surface area (Å²) in [5, 5.41) is 2.69. The van der Waals surface area contributed by atoms with Crippen molar-refractivity contribution >= 4 is 23.3 Å². The number of Topliss-reactive ketones (excluding diaryl/α,β-unsaturated/α-hetero) is 1. The lowest BCUT2D eigenvalue weighted by atomic mass is 10.1. The van der Waals surface area contributed by atoms with E-state index in [-0.39, 0.29) is 11.5 Å². The first kappa shape index (κ1) is 15.7. The molecule has 0 fully saturated rings. The van der Waals surface area contributed by atoms with E-state index < -0.39 is 17.7 Å². The minimum Gasteiger partial charge on any atom is -0.497 e. The number of anilines is 1. The number of ketones is 1. The number of nitrogens with one attached hydrogen (secondary N) is 3. The van der Waals surface area contributed by atoms with E-state index >= 15 is 0 Å². The molecule has 24 heavy (non-hydrogen) atoms. The molecule has 0 radical (unpaired) electrons. The highest BCUT2D eigenvalue weighted by atomic mass is 16.5. The Morgan fingerprint density at radius 1 is 1.08 bits per heavy atom. The molecule has 1 aliphatic rings. The summed E-state index contributed by atoms with van der Waals surface area (Å²) in [6.45, 7) is 0. The number of ether oxygens (including phenoxy) is 1. The second-order valence-corrected chi connectivity index (χ2v) is 5.17. The molecule has 2 aromatic carbocycles. The maximum absolute atomic E-state index is 12.1. The molecule has 7 heteroatoms. The second-order valence-electron chi connectivity index (χ2n) is 5.17. The molecule has 0 saturated carbocycles. The Balaban J connectivity index is 1.65. The highest BCUT2D eigenvalue weighted by molar-refractivity contribution is 6.42. The molecule has 0 aliphatic carbocycles. The molecule has 1 aliphatic heterocycles. The fourth-order valence-electron chi connectivity index (χ4n) is 2.42. The second kappa shape index (κ2) is 6.51. The SMILES string of the molecule is COc1ccc(C(=O)C(=O)NNC2C(=O)Nc3ccccc32)cc1. The van der Waals surface area contributed by atoms with Crippen LogP contribution in [0, 0.1) is 0 Å². The molecule has 2 aromatic rings. The lowest BCUT2D eigenvalue weighted by Gasteiger charge is -2.12. The lowest BCUT2D eigenvalue weighted by molar-refractivity contribution is -0.120. The predicted octanol–water partition coefficient (Wildman–Crippen LogP) is 1.19. The van der Waals surface area contributed by atoms with Crippen molar-refractivity contribution in [2.24, 2.45) is 0 Å². The quantitative estimate of drug-likeness (QED) is 0.436. The van der Waals surface area contributed by atoms with Crippen molar-refractivity contribution in [2.45, 2.75) is 6.04 Å². The number of methoxy groups -OCH3 is 1. The molecule has 7 nitrogen and oxygen atoms in total. The zero-order valence-electron chi connectivity index (χ0n) is 12.8. The van der Waals surface area contributed by atoms with Crippen molar-refractivity contribution < 1.29 is 19.1 Å². The van der Waals surface area contributed by atoms with E-state index in [4.69, 9.17) is 4.74 Å². The topological polar surface area (TPSA) is 96.5 Å². The van der Waals surface area contributed by atoms with Crippen LogP contribution in [0.4, 0.5) is 5.69 Å². The summed E-state index contributed by atoms with van der Waals surface area (Å²) in [5.41, 5.74) is 6.51. The third-order valence-corrected chi connectivity index (χ3v) is 3.68. The predicted molar refractivity (Wildman–Crippen MR) is 86.4 cm³/mol. The van der Waals surface area contributed by atoms with Gasteiger partial charge in [0.25, 0.3) is 5.78 Å². The Labute approximate surface area is 138 Å². The molecular formula is C17H15N3O4. The van der Waals surface area contributed by atoms with Gasteiger partial charge in [-0.1, -0.05) is 18.2 Å². The molecule has 0 saturated heterocycles. The highest BCUT2D eigenvalue weighted by Gasteiger charge is 2.30. The van der Waals surface area contributed by atoms with Crippen LogP contribution in [-0.4, -0.2) is 24.7 Å². The number of carbonyl (C=O) groups excluding carboxylic acids is 3. The highest BCUT2D eigenvalue weighted by Crippen LogP contribution is 2.29. The first-order valence-electron chi connectivity index (χ1n) is 7.24. The Morgan fingerprint density at radius 3 is 2.50 bits per heavy atom. The summed E-state index contributed by atoms with van der Waals surface area (Å²) in [4.78, 5) is 36.0. The number of benzene rings is 2. The summed E-state index contributed by atoms with van der Waals surface area (Å²) in [6, 6.07) is 12.6. The van der Waals surface area contributed by atoms with Crippen molar-refractivity contribution in [2.75, 3.05) is 12.4 Å². The van der Waals surface area contributed by atoms with Crippen molar-refractivity contribution in [3.8, 4) is 5.75 Å². The zero-order chi connectivity index (χ0) is 17.1. The van der Waals surface area contributed by atoms with Crippen LogP contribution in [0.25, 0.3) is 0 Å². The van der Waals surface area contributed by atoms with Crippen LogP contribution >= 0.6 is 0 Å². The van der Waals surface area contributed by atoms with Crippen LogP contribution in [0.5, 0.6) is 5.75 Å². The summed E-state index contributed by atoms with van der Waals surface area (Å²) in [5.74, 6) is -1.27. The number of para-hydroxylation sites is 1. The largest absolute Gasteiger partial charge is 0.497 e. The minimum atomic E-state index is -0.850. The number of fused-ring (bicyclic) bond motifs is 1. The molecule has 122 valence electrons. The smallest absolute Gasteiger partial charge is 0.306 e. The summed E-state index contributed by atoms with van der Waals surface area (Å²) in [6.07, 6.45) is 0. The first-order chi connectivity index (χ1) is 11.6. The van der Waals surface area contributed by atoms with Gasteiger partial charge in [0, 0.05) is 16.8 Å². The van der Waals surface area contributed by atoms with Crippen molar-refractivity contribution in [3.63, 3.8) is 0 Å². The third kappa shape index (κ3) is 2.97. The van der Waals surface area contributed by atoms with E-state index in [0.717, 1.165) is 0 Å². The molecule has 3 N–H and O–H groups in total. The van der Waals surface area contributed by atoms with Gasteiger partial charge in [-0.15, -0.1) is 0 Å². The fourth-order valence-corrected chi connectivity index (χ4v) is 2.42. The van der Waals surface area contributed by atoms with E-state index in [2.05, 4.69) is 16.2 Å². The molecular weight excluding hydrogens is 310 g/mol. The first-order valence-corrected chi connectivity index (χ1v) is 7.24. The molecule has 0 spiro atoms. The number of carbonyl (C=O) groups is 3. The van der Waals surface area contributed by atoms with Gasteiger partial charge in [-0.25, -0.2) is 5.43 Å². The molecule has 1 unspecified atom stereocenters. The van der Waals surface area contributed by atoms with Crippen LogP contribution in [-0.2, 0) is 9.59 Å². The van der Waals surface area contributed by atoms with Gasteiger partial charge in [-0.3, -0.25) is 19.8 Å². The average molecular weight is 325 g/mol. The molecule has 0 bridgehead atoms. The molecule has 1 heterocycles. The molecule has 0 aromatic heterocycles. The Bertz CT molecular complexity index is 802. The average Bonchev–Trinajstić information content (AvgIpc) is 2.94. The maximum atomic E-state index is 12.1. The van der Waals surface area contributed by atoms with Crippen molar-refractivity contribution in [1.29, 1.82) is 0 Å². The van der Waals surface area contributed by atoms with Gasteiger partial charge >= 0.3 is 5.91 Å². The van der Waals surface area contributed by atoms with Crippen LogP contribution in [0.15, 0.2) is 48.5 Å². The molecule has 3 rings (SSSR count). The van der Waals surface area contributed by atoms with E-state index in [1.165, 1.54) is 19.2 Å². The number of amides is 2. The molecule has 1 atom stereocenters. The Hall–Kier alpha value is -3.19. The number of hydrazine groups is 1. The van der Waals surface area contributed by atoms with E-state index in [1.54, 1.807) is 36.4 Å². The molecule has 2 amide bonds. The normalized spacial score (nSPS) is 15.4. The van der Waals surface area contributed by atoms with Gasteiger partial charge in [0.2, 0.25) is 5.91 Å². The van der Waals surface area contributed by atoms with Gasteiger partial charge in [0.1, 0.15) is 11.8 Å². The van der Waals surface area contributed by atoms with Gasteiger partial charge in [0.15, 0.2) is 0 Å². The Morgan fingerprint density at radius 2 is 1.79 bits per heavy atom. The third-order valence-electron chi connectivity index (χ3n) is 3.68. The van der Waals surface area contributed by atoms with Gasteiger partial charge in [0.05, 0.1) is 7.11 Å². The van der Waals surface area contributed by atoms with E-state index in [0.29, 0.717) is 17.0 Å². The van der Waals surface area contributed by atoms with E-state index in [1.807, 2.05) is 0 Å². The fraction of sp³-hybridized carbons (Fsp3) is 0.118. The van der Waals surface area contributed by atoms with Crippen LogP contribution in [0.3, 0.4) is 0 Å². The van der Waals surface area contributed by atoms with Crippen molar-refractivity contribution in [1.82, 2.24) is 10.9 Å². The summed E-state index contributed by atoms with van der Waals surface area (Å²) in [7, 11) is 1.51. The summed E-state index contributed by atoms with van der Waals surface area (Å²) < 4.78 is 5.00. The van der Waals surface area contributed by atoms with Gasteiger partial charge in [-0.2, -0.15) is 0 Å². The standard InChI is InChI=1S/C17H15N3O4/c1-24-11-8-6-10(7-9-11)15(21)17(23)20-19-14-12-4-2-3-5-13(12)18-16(14)22/h2-9,14,19H,1H3,(H,18,22)(H,20,23). The monoisotopic (exact) mass is 325 g/mol. The number of rotatable bonds is 5. The van der Waals surface area contributed by atoms with Crippen LogP contribution < -0.4 is 20.9 Å².